The lowest BCUT2D eigenvalue weighted by Gasteiger charge is -2.18. The van der Waals surface area contributed by atoms with Gasteiger partial charge in [0.05, 0.1) is 0 Å². The summed E-state index contributed by atoms with van der Waals surface area (Å²) in [7, 11) is 0. The van der Waals surface area contributed by atoms with Crippen LogP contribution in [0, 0.1) is 0 Å². The van der Waals surface area contributed by atoms with Gasteiger partial charge < -0.3 is 15.4 Å². The van der Waals surface area contributed by atoms with Gasteiger partial charge in [0.1, 0.15) is 5.69 Å². The summed E-state index contributed by atoms with van der Waals surface area (Å²) < 4.78 is 0. The summed E-state index contributed by atoms with van der Waals surface area (Å²) in [5, 5.41) is 13.1. The molecule has 0 bridgehead atoms. The van der Waals surface area contributed by atoms with Gasteiger partial charge in [0.2, 0.25) is 0 Å². The Labute approximate surface area is 121 Å². The second kappa shape index (κ2) is 5.09. The number of Topliss-reactive ketones (excluding diaryl/α,β-unsaturated/α-hetero) is 1. The number of carboxylic acid groups (broad SMARTS) is 1. The van der Waals surface area contributed by atoms with Gasteiger partial charge in [0.25, 0.3) is 0 Å². The summed E-state index contributed by atoms with van der Waals surface area (Å²) >= 11 is 0. The van der Waals surface area contributed by atoms with Crippen LogP contribution in [-0.2, 0) is 4.79 Å². The minimum atomic E-state index is -0.975. The number of carboxylic acids is 1. The monoisotopic (exact) mass is 284 g/mol. The van der Waals surface area contributed by atoms with Gasteiger partial charge in [-0.05, 0) is 44.0 Å². The summed E-state index contributed by atoms with van der Waals surface area (Å²) in [6.45, 7) is 1.85. The van der Waals surface area contributed by atoms with Gasteiger partial charge in [-0.2, -0.15) is 0 Å². The number of hydrogen-bond donors (Lipinski definition) is 3. The van der Waals surface area contributed by atoms with E-state index >= 15 is 0 Å². The van der Waals surface area contributed by atoms with E-state index in [1.54, 1.807) is 6.07 Å². The number of anilines is 1. The van der Waals surface area contributed by atoms with Crippen molar-refractivity contribution in [1.82, 2.24) is 4.98 Å². The first kappa shape index (κ1) is 13.4. The minimum Gasteiger partial charge on any atom is -0.477 e. The largest absolute Gasteiger partial charge is 0.477 e. The molecule has 1 aliphatic carbocycles. The average molecular weight is 284 g/mol. The van der Waals surface area contributed by atoms with E-state index in [0.717, 1.165) is 40.7 Å². The summed E-state index contributed by atoms with van der Waals surface area (Å²) in [5.41, 5.74) is 3.57. The number of nitrogens with one attached hydrogen (secondary N) is 2. The van der Waals surface area contributed by atoms with Crippen LogP contribution >= 0.6 is 0 Å². The van der Waals surface area contributed by atoms with E-state index in [0.29, 0.717) is 6.42 Å². The maximum absolute atomic E-state index is 11.7. The minimum absolute atomic E-state index is 0.172. The zero-order valence-electron chi connectivity index (χ0n) is 11.7. The number of carbonyl (C=O) groups excluding carboxylic acids is 1. The van der Waals surface area contributed by atoms with Crippen molar-refractivity contribution in [2.24, 2.45) is 0 Å². The number of rotatable bonds is 3. The van der Waals surface area contributed by atoms with Crippen LogP contribution in [0.4, 0.5) is 5.69 Å². The van der Waals surface area contributed by atoms with Gasteiger partial charge >= 0.3 is 5.97 Å². The van der Waals surface area contributed by atoms with Crippen LogP contribution in [0.25, 0.3) is 10.9 Å². The Morgan fingerprint density at radius 2 is 2.10 bits per heavy atom. The molecule has 3 N–H and O–H groups in total. The van der Waals surface area contributed by atoms with Gasteiger partial charge in [-0.1, -0.05) is 0 Å². The van der Waals surface area contributed by atoms with E-state index < -0.39 is 5.97 Å². The molecule has 0 aliphatic heterocycles. The van der Waals surface area contributed by atoms with Crippen molar-refractivity contribution in [2.45, 2.75) is 26.2 Å². The molecule has 2 aromatic rings. The van der Waals surface area contributed by atoms with Crippen LogP contribution in [-0.4, -0.2) is 21.8 Å². The molecule has 108 valence electrons. The first-order valence-electron chi connectivity index (χ1n) is 6.90. The van der Waals surface area contributed by atoms with Gasteiger partial charge in [-0.25, -0.2) is 4.79 Å². The van der Waals surface area contributed by atoms with Crippen molar-refractivity contribution in [3.05, 3.63) is 41.2 Å². The zero-order valence-corrected chi connectivity index (χ0v) is 11.7. The third-order valence-electron chi connectivity index (χ3n) is 3.85. The Morgan fingerprint density at radius 1 is 1.29 bits per heavy atom. The van der Waals surface area contributed by atoms with Crippen LogP contribution in [0.15, 0.2) is 35.5 Å². The van der Waals surface area contributed by atoms with Crippen LogP contribution in [0.3, 0.4) is 0 Å². The van der Waals surface area contributed by atoms with Crippen molar-refractivity contribution in [2.75, 3.05) is 5.32 Å². The molecule has 0 fully saturated rings. The molecule has 0 radical (unpaired) electrons. The van der Waals surface area contributed by atoms with Gasteiger partial charge in [0, 0.05) is 34.3 Å². The lowest BCUT2D eigenvalue weighted by molar-refractivity contribution is -0.116. The number of H-pyrrole nitrogens is 1. The second-order valence-electron chi connectivity index (χ2n) is 5.30. The number of aromatic amines is 1. The Bertz CT molecular complexity index is 771. The fraction of sp³-hybridized carbons (Fsp3) is 0.250. The number of aromatic nitrogens is 1. The molecule has 21 heavy (non-hydrogen) atoms. The van der Waals surface area contributed by atoms with Gasteiger partial charge in [-0.3, -0.25) is 4.79 Å². The first-order valence-corrected chi connectivity index (χ1v) is 6.90. The van der Waals surface area contributed by atoms with E-state index in [1.807, 2.05) is 25.1 Å². The maximum atomic E-state index is 11.7. The number of carbonyl (C=O) groups is 2. The Balaban J connectivity index is 1.92. The molecule has 0 saturated heterocycles. The maximum Gasteiger partial charge on any atom is 0.352 e. The summed E-state index contributed by atoms with van der Waals surface area (Å²) in [5.74, 6) is -0.781. The van der Waals surface area contributed by atoms with Crippen molar-refractivity contribution >= 4 is 28.3 Å². The van der Waals surface area contributed by atoms with Crippen molar-refractivity contribution in [3.63, 3.8) is 0 Å². The normalized spacial score (nSPS) is 15.6. The smallest absolute Gasteiger partial charge is 0.352 e. The molecule has 0 spiro atoms. The van der Waals surface area contributed by atoms with E-state index in [9.17, 15) is 9.59 Å². The third-order valence-corrected chi connectivity index (χ3v) is 3.85. The Kier molecular flexibility index (Phi) is 3.25. The number of aromatic carboxylic acids is 1. The number of hydrogen-bond acceptors (Lipinski definition) is 3. The van der Waals surface area contributed by atoms with Gasteiger partial charge in [-0.15, -0.1) is 0 Å². The van der Waals surface area contributed by atoms with Gasteiger partial charge in [0.15, 0.2) is 5.78 Å². The molecule has 1 aliphatic rings. The summed E-state index contributed by atoms with van der Waals surface area (Å²) in [6.07, 6.45) is 2.35. The lowest BCUT2D eigenvalue weighted by atomic mass is 9.96. The van der Waals surface area contributed by atoms with Crippen LogP contribution in [0.1, 0.15) is 36.7 Å². The molecule has 1 aromatic carbocycles. The lowest BCUT2D eigenvalue weighted by Crippen LogP contribution is -2.14. The first-order chi connectivity index (χ1) is 10.0. The molecule has 1 aromatic heterocycles. The average Bonchev–Trinajstić information content (AvgIpc) is 2.87. The third kappa shape index (κ3) is 2.54. The number of allylic oxidation sites excluding steroid dienone is 2. The van der Waals surface area contributed by atoms with Crippen LogP contribution in [0.5, 0.6) is 0 Å². The zero-order chi connectivity index (χ0) is 15.0. The van der Waals surface area contributed by atoms with Crippen molar-refractivity contribution in [3.8, 4) is 0 Å². The molecule has 0 saturated carbocycles. The molecular weight excluding hydrogens is 268 g/mol. The number of benzene rings is 1. The van der Waals surface area contributed by atoms with E-state index in [4.69, 9.17) is 5.11 Å². The molecule has 0 atom stereocenters. The predicted molar refractivity (Wildman–Crippen MR) is 80.4 cm³/mol. The molecule has 3 rings (SSSR count). The van der Waals surface area contributed by atoms with Crippen LogP contribution in [0.2, 0.25) is 0 Å². The molecule has 1 heterocycles. The number of fused-ring (bicyclic) bond motifs is 1. The SMILES string of the molecule is CC1=C(Nc2ccc3[nH]c(C(=O)O)cc3c2)CCCC1=O. The predicted octanol–water partition coefficient (Wildman–Crippen LogP) is 3.31. The second-order valence-corrected chi connectivity index (χ2v) is 5.30. The molecular formula is C16H16N2O3. The molecule has 5 nitrogen and oxygen atoms in total. The van der Waals surface area contributed by atoms with E-state index in [-0.39, 0.29) is 11.5 Å². The molecule has 5 heteroatoms. The van der Waals surface area contributed by atoms with Crippen molar-refractivity contribution < 1.29 is 14.7 Å². The fourth-order valence-electron chi connectivity index (χ4n) is 2.63. The van der Waals surface area contributed by atoms with E-state index in [1.165, 1.54) is 0 Å². The number of ketones is 1. The Hall–Kier alpha value is -2.56. The highest BCUT2D eigenvalue weighted by molar-refractivity contribution is 5.97. The quantitative estimate of drug-likeness (QED) is 0.807. The molecule has 0 amide bonds. The highest BCUT2D eigenvalue weighted by atomic mass is 16.4. The van der Waals surface area contributed by atoms with Crippen LogP contribution < -0.4 is 5.32 Å². The highest BCUT2D eigenvalue weighted by Gasteiger charge is 2.17. The Morgan fingerprint density at radius 3 is 2.86 bits per heavy atom. The van der Waals surface area contributed by atoms with Crippen molar-refractivity contribution in [1.29, 1.82) is 0 Å². The fourth-order valence-corrected chi connectivity index (χ4v) is 2.63. The standard InChI is InChI=1S/C16H16N2O3/c1-9-12(3-2-4-15(9)19)17-11-5-6-13-10(7-11)8-14(18-13)16(20)21/h5-8,17-18H,2-4H2,1H3,(H,20,21). The molecule has 0 unspecified atom stereocenters. The highest BCUT2D eigenvalue weighted by Crippen LogP contribution is 2.26. The summed E-state index contributed by atoms with van der Waals surface area (Å²) in [6, 6.07) is 7.21. The van der Waals surface area contributed by atoms with E-state index in [2.05, 4.69) is 10.3 Å². The topological polar surface area (TPSA) is 82.2 Å². The summed E-state index contributed by atoms with van der Waals surface area (Å²) in [4.78, 5) is 25.5.